The summed E-state index contributed by atoms with van der Waals surface area (Å²) in [6.07, 6.45) is 3.50. The van der Waals surface area contributed by atoms with Gasteiger partial charge in [-0.05, 0) is 63.9 Å². The van der Waals surface area contributed by atoms with Crippen LogP contribution in [0.2, 0.25) is 0 Å². The SMILES string of the molecule is Cc1cc(F)cc(C(=O)N(CC2CCCCN2)C(C)C)c1. The molecule has 0 radical (unpaired) electrons. The van der Waals surface area contributed by atoms with Crippen LogP contribution in [0.25, 0.3) is 0 Å². The second-order valence-electron chi connectivity index (χ2n) is 6.22. The molecule has 1 aliphatic rings. The fourth-order valence-electron chi connectivity index (χ4n) is 2.87. The molecular formula is C17H25FN2O. The minimum atomic E-state index is -0.349. The van der Waals surface area contributed by atoms with Gasteiger partial charge in [0, 0.05) is 24.2 Å². The van der Waals surface area contributed by atoms with Gasteiger partial charge in [-0.1, -0.05) is 6.42 Å². The average molecular weight is 292 g/mol. The fraction of sp³-hybridized carbons (Fsp3) is 0.588. The van der Waals surface area contributed by atoms with Crippen LogP contribution in [0.1, 0.15) is 49.0 Å². The van der Waals surface area contributed by atoms with E-state index in [4.69, 9.17) is 0 Å². The zero-order valence-electron chi connectivity index (χ0n) is 13.2. The molecule has 1 fully saturated rings. The number of benzene rings is 1. The second-order valence-corrected chi connectivity index (χ2v) is 6.22. The summed E-state index contributed by atoms with van der Waals surface area (Å²) in [7, 11) is 0. The second kappa shape index (κ2) is 7.03. The van der Waals surface area contributed by atoms with Crippen LogP contribution in [0.5, 0.6) is 0 Å². The molecular weight excluding hydrogens is 267 g/mol. The van der Waals surface area contributed by atoms with Crippen LogP contribution in [0.4, 0.5) is 4.39 Å². The molecule has 0 aliphatic carbocycles. The largest absolute Gasteiger partial charge is 0.335 e. The predicted molar refractivity (Wildman–Crippen MR) is 83.0 cm³/mol. The summed E-state index contributed by atoms with van der Waals surface area (Å²) >= 11 is 0. The normalized spacial score (nSPS) is 18.8. The third-order valence-corrected chi connectivity index (χ3v) is 4.00. The third kappa shape index (κ3) is 4.27. The van der Waals surface area contributed by atoms with E-state index in [0.717, 1.165) is 18.5 Å². The molecule has 3 nitrogen and oxygen atoms in total. The molecule has 0 aromatic heterocycles. The van der Waals surface area contributed by atoms with Crippen LogP contribution >= 0.6 is 0 Å². The molecule has 0 spiro atoms. The summed E-state index contributed by atoms with van der Waals surface area (Å²) in [6, 6.07) is 4.98. The number of nitrogens with one attached hydrogen (secondary N) is 1. The van der Waals surface area contributed by atoms with E-state index in [9.17, 15) is 9.18 Å². The molecule has 1 unspecified atom stereocenters. The summed E-state index contributed by atoms with van der Waals surface area (Å²) in [4.78, 5) is 14.5. The Bertz CT molecular complexity index is 475. The highest BCUT2D eigenvalue weighted by atomic mass is 19.1. The summed E-state index contributed by atoms with van der Waals surface area (Å²) < 4.78 is 13.5. The molecule has 0 saturated carbocycles. The van der Waals surface area contributed by atoms with Gasteiger partial charge in [0.2, 0.25) is 0 Å². The third-order valence-electron chi connectivity index (χ3n) is 4.00. The first kappa shape index (κ1) is 16.0. The molecule has 1 aromatic carbocycles. The number of hydrogen-bond acceptors (Lipinski definition) is 2. The number of nitrogens with zero attached hydrogens (tertiary/aromatic N) is 1. The molecule has 1 heterocycles. The lowest BCUT2D eigenvalue weighted by atomic mass is 10.0. The minimum absolute atomic E-state index is 0.0834. The van der Waals surface area contributed by atoms with Gasteiger partial charge in [-0.3, -0.25) is 4.79 Å². The van der Waals surface area contributed by atoms with E-state index in [0.29, 0.717) is 18.2 Å². The van der Waals surface area contributed by atoms with Crippen molar-refractivity contribution in [3.05, 3.63) is 35.1 Å². The topological polar surface area (TPSA) is 32.3 Å². The number of amides is 1. The first-order valence-electron chi connectivity index (χ1n) is 7.79. The molecule has 1 aromatic rings. The molecule has 1 aliphatic heterocycles. The molecule has 1 atom stereocenters. The first-order valence-corrected chi connectivity index (χ1v) is 7.79. The number of rotatable bonds is 4. The van der Waals surface area contributed by atoms with Gasteiger partial charge in [0.05, 0.1) is 0 Å². The van der Waals surface area contributed by atoms with Gasteiger partial charge in [-0.15, -0.1) is 0 Å². The van der Waals surface area contributed by atoms with E-state index in [1.54, 1.807) is 6.07 Å². The Morgan fingerprint density at radius 3 is 2.71 bits per heavy atom. The van der Waals surface area contributed by atoms with Crippen molar-refractivity contribution in [3.63, 3.8) is 0 Å². The Kier molecular flexibility index (Phi) is 5.34. The van der Waals surface area contributed by atoms with E-state index in [1.165, 1.54) is 25.0 Å². The monoisotopic (exact) mass is 292 g/mol. The van der Waals surface area contributed by atoms with Crippen LogP contribution in [0, 0.1) is 12.7 Å². The zero-order valence-corrected chi connectivity index (χ0v) is 13.2. The Hall–Kier alpha value is -1.42. The Morgan fingerprint density at radius 1 is 1.38 bits per heavy atom. The van der Waals surface area contributed by atoms with Gasteiger partial charge in [-0.2, -0.15) is 0 Å². The van der Waals surface area contributed by atoms with Gasteiger partial charge in [0.25, 0.3) is 5.91 Å². The fourth-order valence-corrected chi connectivity index (χ4v) is 2.87. The van der Waals surface area contributed by atoms with E-state index in [1.807, 2.05) is 25.7 Å². The summed E-state index contributed by atoms with van der Waals surface area (Å²) in [5.41, 5.74) is 1.22. The molecule has 1 N–H and O–H groups in total. The lowest BCUT2D eigenvalue weighted by Crippen LogP contribution is -2.48. The van der Waals surface area contributed by atoms with Crippen LogP contribution in [0.15, 0.2) is 18.2 Å². The first-order chi connectivity index (χ1) is 9.97. The van der Waals surface area contributed by atoms with Crippen LogP contribution < -0.4 is 5.32 Å². The van der Waals surface area contributed by atoms with Gasteiger partial charge in [0.15, 0.2) is 0 Å². The predicted octanol–water partition coefficient (Wildman–Crippen LogP) is 3.13. The molecule has 116 valence electrons. The van der Waals surface area contributed by atoms with Gasteiger partial charge >= 0.3 is 0 Å². The van der Waals surface area contributed by atoms with Crippen LogP contribution in [-0.2, 0) is 0 Å². The summed E-state index contributed by atoms with van der Waals surface area (Å²) in [5.74, 6) is -0.433. The standard InChI is InChI=1S/C17H25FN2O/c1-12(2)20(11-16-6-4-5-7-19-16)17(21)14-8-13(3)9-15(18)10-14/h8-10,12,16,19H,4-7,11H2,1-3H3. The lowest BCUT2D eigenvalue weighted by molar-refractivity contribution is 0.0676. The van der Waals surface area contributed by atoms with Crippen molar-refractivity contribution >= 4 is 5.91 Å². The van der Waals surface area contributed by atoms with Crippen molar-refractivity contribution in [1.82, 2.24) is 10.2 Å². The smallest absolute Gasteiger partial charge is 0.254 e. The molecule has 1 saturated heterocycles. The lowest BCUT2D eigenvalue weighted by Gasteiger charge is -2.33. The van der Waals surface area contributed by atoms with Crippen LogP contribution in [-0.4, -0.2) is 36.0 Å². The molecule has 21 heavy (non-hydrogen) atoms. The highest BCUT2D eigenvalue weighted by Crippen LogP contribution is 2.16. The zero-order chi connectivity index (χ0) is 15.4. The minimum Gasteiger partial charge on any atom is -0.335 e. The van der Waals surface area contributed by atoms with Crippen molar-refractivity contribution < 1.29 is 9.18 Å². The van der Waals surface area contributed by atoms with E-state index >= 15 is 0 Å². The number of carbonyl (C=O) groups is 1. The average Bonchev–Trinajstić information content (AvgIpc) is 2.44. The van der Waals surface area contributed by atoms with Gasteiger partial charge in [-0.25, -0.2) is 4.39 Å². The van der Waals surface area contributed by atoms with Crippen molar-refractivity contribution in [1.29, 1.82) is 0 Å². The quantitative estimate of drug-likeness (QED) is 0.924. The maximum absolute atomic E-state index is 13.5. The molecule has 4 heteroatoms. The van der Waals surface area contributed by atoms with Crippen molar-refractivity contribution in [2.24, 2.45) is 0 Å². The van der Waals surface area contributed by atoms with E-state index in [2.05, 4.69) is 5.32 Å². The van der Waals surface area contributed by atoms with E-state index < -0.39 is 0 Å². The van der Waals surface area contributed by atoms with Gasteiger partial charge in [0.1, 0.15) is 5.82 Å². The van der Waals surface area contributed by atoms with Crippen molar-refractivity contribution in [2.45, 2.75) is 52.1 Å². The van der Waals surface area contributed by atoms with Crippen LogP contribution in [0.3, 0.4) is 0 Å². The van der Waals surface area contributed by atoms with E-state index in [-0.39, 0.29) is 17.8 Å². The number of hydrogen-bond donors (Lipinski definition) is 1. The number of carbonyl (C=O) groups excluding carboxylic acids is 1. The number of halogens is 1. The summed E-state index contributed by atoms with van der Waals surface area (Å²) in [6.45, 7) is 7.53. The highest BCUT2D eigenvalue weighted by molar-refractivity contribution is 5.94. The Morgan fingerprint density at radius 2 is 2.14 bits per heavy atom. The summed E-state index contributed by atoms with van der Waals surface area (Å²) in [5, 5.41) is 3.47. The van der Waals surface area contributed by atoms with Gasteiger partial charge < -0.3 is 10.2 Å². The maximum Gasteiger partial charge on any atom is 0.254 e. The molecule has 1 amide bonds. The highest BCUT2D eigenvalue weighted by Gasteiger charge is 2.24. The molecule has 0 bridgehead atoms. The number of aryl methyl sites for hydroxylation is 1. The Labute approximate surface area is 126 Å². The van der Waals surface area contributed by atoms with Crippen molar-refractivity contribution in [3.8, 4) is 0 Å². The number of piperidine rings is 1. The molecule has 2 rings (SSSR count). The van der Waals surface area contributed by atoms with Crippen molar-refractivity contribution in [2.75, 3.05) is 13.1 Å². The Balaban J connectivity index is 2.14. The maximum atomic E-state index is 13.5.